The van der Waals surface area contributed by atoms with Crippen molar-refractivity contribution in [1.82, 2.24) is 4.90 Å². The first-order valence-electron chi connectivity index (χ1n) is 3.48. The zero-order chi connectivity index (χ0) is 8.59. The summed E-state index contributed by atoms with van der Waals surface area (Å²) in [6, 6.07) is -0.139. The summed E-state index contributed by atoms with van der Waals surface area (Å²) in [7, 11) is 1.62. The van der Waals surface area contributed by atoms with Gasteiger partial charge in [-0.3, -0.25) is 4.79 Å². The van der Waals surface area contributed by atoms with E-state index in [1.165, 1.54) is 11.8 Å². The van der Waals surface area contributed by atoms with Crippen molar-refractivity contribution in [3.63, 3.8) is 0 Å². The van der Waals surface area contributed by atoms with Crippen LogP contribution < -0.4 is 0 Å². The van der Waals surface area contributed by atoms with E-state index in [0.29, 0.717) is 0 Å². The first kappa shape index (κ1) is 8.04. The van der Waals surface area contributed by atoms with Gasteiger partial charge in [-0.05, 0) is 13.8 Å². The Hall–Kier alpha value is -1.06. The van der Waals surface area contributed by atoms with Crippen LogP contribution in [0.4, 0.5) is 4.79 Å². The van der Waals surface area contributed by atoms with Crippen molar-refractivity contribution in [1.29, 1.82) is 0 Å². The largest absolute Gasteiger partial charge is 0.436 e. The molecule has 0 aromatic carbocycles. The van der Waals surface area contributed by atoms with E-state index in [-0.39, 0.29) is 11.8 Å². The lowest BCUT2D eigenvalue weighted by Gasteiger charge is -2.13. The van der Waals surface area contributed by atoms with Crippen molar-refractivity contribution in [3.8, 4) is 0 Å². The number of ketones is 1. The number of carbonyl (C=O) groups excluding carboxylic acids is 2. The molecular formula is C7H11NO3. The second-order valence-corrected chi connectivity index (χ2v) is 2.77. The van der Waals surface area contributed by atoms with Gasteiger partial charge in [0.1, 0.15) is 0 Å². The average Bonchev–Trinajstić information content (AvgIpc) is 2.17. The standard InChI is InChI=1S/C7H11NO3/c1-4-6(5(2)9)11-7(10)8(4)3/h4,6H,1-3H3/t4-,6+/m0/s1. The van der Waals surface area contributed by atoms with Crippen molar-refractivity contribution in [2.45, 2.75) is 26.0 Å². The number of hydrogen-bond donors (Lipinski definition) is 0. The van der Waals surface area contributed by atoms with E-state index in [0.717, 1.165) is 0 Å². The molecule has 4 heteroatoms. The van der Waals surface area contributed by atoms with Crippen LogP contribution in [-0.4, -0.2) is 36.0 Å². The Morgan fingerprint density at radius 3 is 2.36 bits per heavy atom. The van der Waals surface area contributed by atoms with Gasteiger partial charge < -0.3 is 9.64 Å². The monoisotopic (exact) mass is 157 g/mol. The lowest BCUT2D eigenvalue weighted by molar-refractivity contribution is -0.124. The molecule has 62 valence electrons. The molecule has 0 aromatic heterocycles. The van der Waals surface area contributed by atoms with E-state index in [1.807, 2.05) is 0 Å². The molecule has 1 rings (SSSR count). The summed E-state index contributed by atoms with van der Waals surface area (Å²) < 4.78 is 4.78. The quantitative estimate of drug-likeness (QED) is 0.554. The van der Waals surface area contributed by atoms with Gasteiger partial charge in [0, 0.05) is 7.05 Å². The fourth-order valence-corrected chi connectivity index (χ4v) is 1.08. The molecule has 1 amide bonds. The van der Waals surface area contributed by atoms with Crippen LogP contribution >= 0.6 is 0 Å². The van der Waals surface area contributed by atoms with Crippen LogP contribution in [0.5, 0.6) is 0 Å². The average molecular weight is 157 g/mol. The molecule has 1 aliphatic rings. The van der Waals surface area contributed by atoms with E-state index >= 15 is 0 Å². The second kappa shape index (κ2) is 2.53. The Kier molecular flexibility index (Phi) is 1.85. The van der Waals surface area contributed by atoms with Crippen LogP contribution in [0.15, 0.2) is 0 Å². The molecule has 0 bridgehead atoms. The van der Waals surface area contributed by atoms with Gasteiger partial charge in [-0.25, -0.2) is 4.79 Å². The molecule has 0 aliphatic carbocycles. The van der Waals surface area contributed by atoms with Crippen molar-refractivity contribution >= 4 is 11.9 Å². The van der Waals surface area contributed by atoms with Gasteiger partial charge in [-0.15, -0.1) is 0 Å². The molecule has 1 saturated heterocycles. The predicted molar refractivity (Wildman–Crippen MR) is 38.2 cm³/mol. The van der Waals surface area contributed by atoms with Gasteiger partial charge in [0.05, 0.1) is 6.04 Å². The molecule has 0 aromatic rings. The lowest BCUT2D eigenvalue weighted by atomic mass is 10.1. The summed E-state index contributed by atoms with van der Waals surface area (Å²) >= 11 is 0. The van der Waals surface area contributed by atoms with E-state index in [9.17, 15) is 9.59 Å². The molecule has 1 aliphatic heterocycles. The Morgan fingerprint density at radius 1 is 1.64 bits per heavy atom. The molecule has 4 nitrogen and oxygen atoms in total. The Morgan fingerprint density at radius 2 is 2.18 bits per heavy atom. The number of hydrogen-bond acceptors (Lipinski definition) is 3. The minimum absolute atomic E-state index is 0.102. The smallest absolute Gasteiger partial charge is 0.410 e. The van der Waals surface area contributed by atoms with Crippen LogP contribution in [0.1, 0.15) is 13.8 Å². The van der Waals surface area contributed by atoms with Crippen LogP contribution in [-0.2, 0) is 9.53 Å². The number of carbonyl (C=O) groups is 2. The molecule has 0 radical (unpaired) electrons. The Bertz CT molecular complexity index is 202. The third-order valence-corrected chi connectivity index (χ3v) is 1.97. The van der Waals surface area contributed by atoms with E-state index in [2.05, 4.69) is 0 Å². The predicted octanol–water partition coefficient (Wildman–Crippen LogP) is 0.414. The van der Waals surface area contributed by atoms with Crippen molar-refractivity contribution in [2.24, 2.45) is 0 Å². The minimum atomic E-state index is -0.576. The van der Waals surface area contributed by atoms with Crippen LogP contribution in [0.3, 0.4) is 0 Å². The van der Waals surface area contributed by atoms with Gasteiger partial charge >= 0.3 is 6.09 Å². The SMILES string of the molecule is CC(=O)[C@@H]1OC(=O)N(C)[C@H]1C. The first-order valence-corrected chi connectivity index (χ1v) is 3.48. The highest BCUT2D eigenvalue weighted by molar-refractivity contribution is 5.86. The zero-order valence-electron chi connectivity index (χ0n) is 6.83. The molecule has 0 spiro atoms. The highest BCUT2D eigenvalue weighted by Gasteiger charge is 2.38. The third kappa shape index (κ3) is 1.20. The van der Waals surface area contributed by atoms with Crippen molar-refractivity contribution in [2.75, 3.05) is 7.05 Å². The molecule has 2 atom stereocenters. The summed E-state index contributed by atoms with van der Waals surface area (Å²) in [6.45, 7) is 3.21. The summed E-state index contributed by atoms with van der Waals surface area (Å²) in [6.07, 6.45) is -0.995. The number of amides is 1. The van der Waals surface area contributed by atoms with E-state index in [4.69, 9.17) is 4.74 Å². The summed E-state index contributed by atoms with van der Waals surface area (Å²) in [5, 5.41) is 0. The molecule has 1 fully saturated rings. The van der Waals surface area contributed by atoms with Crippen molar-refractivity contribution in [3.05, 3.63) is 0 Å². The van der Waals surface area contributed by atoms with Gasteiger partial charge in [0.25, 0.3) is 0 Å². The van der Waals surface area contributed by atoms with Crippen LogP contribution in [0.25, 0.3) is 0 Å². The van der Waals surface area contributed by atoms with Gasteiger partial charge in [0.15, 0.2) is 11.9 Å². The topological polar surface area (TPSA) is 46.6 Å². The fraction of sp³-hybridized carbons (Fsp3) is 0.714. The van der Waals surface area contributed by atoms with E-state index in [1.54, 1.807) is 14.0 Å². The molecule has 0 unspecified atom stereocenters. The first-order chi connectivity index (χ1) is 5.04. The zero-order valence-corrected chi connectivity index (χ0v) is 6.83. The molecular weight excluding hydrogens is 146 g/mol. The normalized spacial score (nSPS) is 30.5. The number of Topliss-reactive ketones (excluding diaryl/α,β-unsaturated/α-hetero) is 1. The maximum Gasteiger partial charge on any atom is 0.410 e. The third-order valence-electron chi connectivity index (χ3n) is 1.97. The van der Waals surface area contributed by atoms with Gasteiger partial charge in [0.2, 0.25) is 0 Å². The van der Waals surface area contributed by atoms with E-state index < -0.39 is 12.2 Å². The number of cyclic esters (lactones) is 1. The summed E-state index contributed by atoms with van der Waals surface area (Å²) in [5.41, 5.74) is 0. The number of likely N-dealkylation sites (N-methyl/N-ethyl adjacent to an activating group) is 1. The van der Waals surface area contributed by atoms with Crippen LogP contribution in [0, 0.1) is 0 Å². The molecule has 0 saturated carbocycles. The number of rotatable bonds is 1. The van der Waals surface area contributed by atoms with Gasteiger partial charge in [-0.1, -0.05) is 0 Å². The summed E-state index contributed by atoms with van der Waals surface area (Å²) in [4.78, 5) is 23.1. The Labute approximate surface area is 65.1 Å². The molecule has 1 heterocycles. The molecule has 11 heavy (non-hydrogen) atoms. The maximum absolute atomic E-state index is 10.9. The highest BCUT2D eigenvalue weighted by Crippen LogP contribution is 2.17. The molecule has 0 N–H and O–H groups in total. The fourth-order valence-electron chi connectivity index (χ4n) is 1.08. The maximum atomic E-state index is 10.9. The lowest BCUT2D eigenvalue weighted by Crippen LogP contribution is -2.33. The second-order valence-electron chi connectivity index (χ2n) is 2.77. The Balaban J connectivity index is 2.74. The van der Waals surface area contributed by atoms with Crippen LogP contribution in [0.2, 0.25) is 0 Å². The summed E-state index contributed by atoms with van der Waals surface area (Å²) in [5.74, 6) is -0.102. The van der Waals surface area contributed by atoms with Gasteiger partial charge in [-0.2, -0.15) is 0 Å². The van der Waals surface area contributed by atoms with Crippen molar-refractivity contribution < 1.29 is 14.3 Å². The number of nitrogens with zero attached hydrogens (tertiary/aromatic N) is 1. The minimum Gasteiger partial charge on any atom is -0.436 e. The highest BCUT2D eigenvalue weighted by atomic mass is 16.6. The number of ether oxygens (including phenoxy) is 1.